The van der Waals surface area contributed by atoms with Crippen molar-refractivity contribution in [1.82, 2.24) is 10.2 Å². The molecule has 21 heavy (non-hydrogen) atoms. The lowest BCUT2D eigenvalue weighted by molar-refractivity contribution is -0.384. The molecule has 114 valence electrons. The van der Waals surface area contributed by atoms with Crippen LogP contribution in [0.1, 0.15) is 29.8 Å². The van der Waals surface area contributed by atoms with E-state index in [9.17, 15) is 14.9 Å². The molecule has 0 fully saturated rings. The predicted octanol–water partition coefficient (Wildman–Crippen LogP) is 1.84. The Morgan fingerprint density at radius 3 is 2.90 bits per heavy atom. The zero-order chi connectivity index (χ0) is 15.4. The normalized spacial score (nSPS) is 15.7. The van der Waals surface area contributed by atoms with Crippen LogP contribution in [0.3, 0.4) is 0 Å². The molecule has 1 heterocycles. The first-order chi connectivity index (χ1) is 10.0. The van der Waals surface area contributed by atoms with Gasteiger partial charge in [-0.2, -0.15) is 0 Å². The molecule has 1 aliphatic heterocycles. The van der Waals surface area contributed by atoms with Gasteiger partial charge in [0.1, 0.15) is 0 Å². The minimum absolute atomic E-state index is 0.0235. The van der Waals surface area contributed by atoms with Crippen LogP contribution in [0.5, 0.6) is 0 Å². The lowest BCUT2D eigenvalue weighted by Crippen LogP contribution is -2.42. The molecule has 0 bridgehead atoms. The standard InChI is InChI=1S/C15H21N3O3/c1-3-16-9-11(2)10-17-7-6-12-4-5-13(18(20)21)8-14(12)15(17)19/h4-5,8,11,16H,3,6-7,9-10H2,1-2H3. The number of carbonyl (C=O) groups is 1. The number of nitrogens with one attached hydrogen (secondary N) is 1. The van der Waals surface area contributed by atoms with E-state index in [2.05, 4.69) is 12.2 Å². The molecule has 1 N–H and O–H groups in total. The van der Waals surface area contributed by atoms with E-state index in [1.165, 1.54) is 12.1 Å². The largest absolute Gasteiger partial charge is 0.338 e. The van der Waals surface area contributed by atoms with E-state index in [1.807, 2.05) is 6.92 Å². The molecule has 6 nitrogen and oxygen atoms in total. The van der Waals surface area contributed by atoms with Crippen LogP contribution in [0.4, 0.5) is 5.69 Å². The van der Waals surface area contributed by atoms with Crippen molar-refractivity contribution >= 4 is 11.6 Å². The number of carbonyl (C=O) groups excluding carboxylic acids is 1. The number of nitro groups is 1. The van der Waals surface area contributed by atoms with E-state index < -0.39 is 4.92 Å². The molecule has 1 aromatic carbocycles. The second-order valence-electron chi connectivity index (χ2n) is 5.51. The van der Waals surface area contributed by atoms with Crippen LogP contribution >= 0.6 is 0 Å². The fourth-order valence-electron chi connectivity index (χ4n) is 2.63. The molecule has 6 heteroatoms. The highest BCUT2D eigenvalue weighted by Gasteiger charge is 2.27. The molecule has 2 rings (SSSR count). The molecule has 1 atom stereocenters. The summed E-state index contributed by atoms with van der Waals surface area (Å²) in [5.74, 6) is 0.262. The van der Waals surface area contributed by atoms with Crippen molar-refractivity contribution in [3.8, 4) is 0 Å². The van der Waals surface area contributed by atoms with E-state index in [-0.39, 0.29) is 11.6 Å². The fraction of sp³-hybridized carbons (Fsp3) is 0.533. The van der Waals surface area contributed by atoms with Gasteiger partial charge in [0, 0.05) is 30.8 Å². The maximum Gasteiger partial charge on any atom is 0.270 e. The third-order valence-electron chi connectivity index (χ3n) is 3.75. The Bertz CT molecular complexity index is 545. The first-order valence-corrected chi connectivity index (χ1v) is 7.30. The summed E-state index contributed by atoms with van der Waals surface area (Å²) in [6.45, 7) is 7.27. The molecule has 1 aromatic rings. The van der Waals surface area contributed by atoms with E-state index in [4.69, 9.17) is 0 Å². The van der Waals surface area contributed by atoms with Gasteiger partial charge in [-0.25, -0.2) is 0 Å². The Labute approximate surface area is 124 Å². The quantitative estimate of drug-likeness (QED) is 0.641. The Morgan fingerprint density at radius 2 is 2.24 bits per heavy atom. The molecule has 0 saturated heterocycles. The van der Waals surface area contributed by atoms with E-state index in [1.54, 1.807) is 11.0 Å². The molecule has 1 unspecified atom stereocenters. The van der Waals surface area contributed by atoms with Gasteiger partial charge in [-0.15, -0.1) is 0 Å². The summed E-state index contributed by atoms with van der Waals surface area (Å²) in [7, 11) is 0. The number of hydrogen-bond donors (Lipinski definition) is 1. The monoisotopic (exact) mass is 291 g/mol. The average Bonchev–Trinajstić information content (AvgIpc) is 2.47. The average molecular weight is 291 g/mol. The van der Waals surface area contributed by atoms with Gasteiger partial charge in [-0.05, 0) is 31.0 Å². The van der Waals surface area contributed by atoms with Crippen molar-refractivity contribution in [2.45, 2.75) is 20.3 Å². The highest BCUT2D eigenvalue weighted by atomic mass is 16.6. The summed E-state index contributed by atoms with van der Waals surface area (Å²) < 4.78 is 0. The number of non-ortho nitro benzene ring substituents is 1. The van der Waals surface area contributed by atoms with Crippen LogP contribution in [0.2, 0.25) is 0 Å². The van der Waals surface area contributed by atoms with Crippen LogP contribution in [0.25, 0.3) is 0 Å². The lowest BCUT2D eigenvalue weighted by Gasteiger charge is -2.30. The highest BCUT2D eigenvalue weighted by Crippen LogP contribution is 2.24. The molecule has 0 radical (unpaired) electrons. The molecule has 1 amide bonds. The van der Waals surface area contributed by atoms with Crippen LogP contribution in [0.15, 0.2) is 18.2 Å². The summed E-state index contributed by atoms with van der Waals surface area (Å²) in [5, 5.41) is 14.1. The van der Waals surface area contributed by atoms with Gasteiger partial charge in [0.2, 0.25) is 0 Å². The van der Waals surface area contributed by atoms with Crippen molar-refractivity contribution < 1.29 is 9.72 Å². The van der Waals surface area contributed by atoms with Crippen molar-refractivity contribution in [2.75, 3.05) is 26.2 Å². The Hall–Kier alpha value is -1.95. The van der Waals surface area contributed by atoms with Gasteiger partial charge >= 0.3 is 0 Å². The first-order valence-electron chi connectivity index (χ1n) is 7.30. The van der Waals surface area contributed by atoms with E-state index in [0.29, 0.717) is 24.6 Å². The summed E-state index contributed by atoms with van der Waals surface area (Å²) in [5.41, 5.74) is 1.36. The Morgan fingerprint density at radius 1 is 1.48 bits per heavy atom. The number of nitro benzene ring substituents is 1. The van der Waals surface area contributed by atoms with Crippen molar-refractivity contribution in [3.63, 3.8) is 0 Å². The molecular weight excluding hydrogens is 270 g/mol. The number of benzene rings is 1. The van der Waals surface area contributed by atoms with E-state index in [0.717, 1.165) is 25.1 Å². The fourth-order valence-corrected chi connectivity index (χ4v) is 2.63. The summed E-state index contributed by atoms with van der Waals surface area (Å²) in [6.07, 6.45) is 0.757. The Kier molecular flexibility index (Phi) is 4.90. The summed E-state index contributed by atoms with van der Waals surface area (Å²) in [4.78, 5) is 24.7. The number of nitrogens with zero attached hydrogens (tertiary/aromatic N) is 2. The number of fused-ring (bicyclic) bond motifs is 1. The molecule has 0 aliphatic carbocycles. The van der Waals surface area contributed by atoms with E-state index >= 15 is 0 Å². The lowest BCUT2D eigenvalue weighted by atomic mass is 9.97. The van der Waals surface area contributed by atoms with Crippen molar-refractivity contribution in [2.24, 2.45) is 5.92 Å². The highest BCUT2D eigenvalue weighted by molar-refractivity contribution is 5.97. The zero-order valence-corrected chi connectivity index (χ0v) is 12.5. The van der Waals surface area contributed by atoms with Gasteiger partial charge < -0.3 is 10.2 Å². The first kappa shape index (κ1) is 15.4. The van der Waals surface area contributed by atoms with Crippen LogP contribution < -0.4 is 5.32 Å². The summed E-state index contributed by atoms with van der Waals surface area (Å²) >= 11 is 0. The molecule has 0 spiro atoms. The number of hydrogen-bond acceptors (Lipinski definition) is 4. The topological polar surface area (TPSA) is 75.5 Å². The van der Waals surface area contributed by atoms with Crippen molar-refractivity contribution in [3.05, 3.63) is 39.4 Å². The van der Waals surface area contributed by atoms with Gasteiger partial charge in [0.05, 0.1) is 4.92 Å². The number of amides is 1. The predicted molar refractivity (Wildman–Crippen MR) is 80.4 cm³/mol. The van der Waals surface area contributed by atoms with Gasteiger partial charge in [-0.1, -0.05) is 19.9 Å². The minimum atomic E-state index is -0.458. The third kappa shape index (κ3) is 3.58. The van der Waals surface area contributed by atoms with Crippen molar-refractivity contribution in [1.29, 1.82) is 0 Å². The Balaban J connectivity index is 2.11. The van der Waals surface area contributed by atoms with Crippen LogP contribution in [0, 0.1) is 16.0 Å². The summed E-state index contributed by atoms with van der Waals surface area (Å²) in [6, 6.07) is 4.57. The minimum Gasteiger partial charge on any atom is -0.338 e. The number of rotatable bonds is 6. The van der Waals surface area contributed by atoms with Gasteiger partial charge in [0.25, 0.3) is 11.6 Å². The molecule has 0 aromatic heterocycles. The smallest absolute Gasteiger partial charge is 0.270 e. The SMILES string of the molecule is CCNCC(C)CN1CCc2ccc([N+](=O)[O-])cc2C1=O. The van der Waals surface area contributed by atoms with Gasteiger partial charge in [0.15, 0.2) is 0 Å². The maximum atomic E-state index is 12.5. The molecule has 0 saturated carbocycles. The maximum absolute atomic E-state index is 12.5. The molecule has 1 aliphatic rings. The second kappa shape index (κ2) is 6.67. The van der Waals surface area contributed by atoms with Crippen LogP contribution in [-0.4, -0.2) is 41.9 Å². The van der Waals surface area contributed by atoms with Gasteiger partial charge in [-0.3, -0.25) is 14.9 Å². The van der Waals surface area contributed by atoms with Crippen LogP contribution in [-0.2, 0) is 6.42 Å². The third-order valence-corrected chi connectivity index (χ3v) is 3.75. The molecular formula is C15H21N3O3. The second-order valence-corrected chi connectivity index (χ2v) is 5.51. The zero-order valence-electron chi connectivity index (χ0n) is 12.5.